The van der Waals surface area contributed by atoms with E-state index in [1.807, 2.05) is 24.3 Å². The van der Waals surface area contributed by atoms with Crippen molar-refractivity contribution in [1.29, 1.82) is 0 Å². The van der Waals surface area contributed by atoms with Gasteiger partial charge >= 0.3 is 5.97 Å². The van der Waals surface area contributed by atoms with Crippen LogP contribution in [-0.4, -0.2) is 48.9 Å². The molecule has 3 aromatic heterocycles. The lowest BCUT2D eigenvalue weighted by atomic mass is 10.1. The molecular weight excluding hydrogens is 496 g/mol. The molecule has 0 spiro atoms. The third-order valence-electron chi connectivity index (χ3n) is 5.59. The van der Waals surface area contributed by atoms with Gasteiger partial charge in [0.2, 0.25) is 0 Å². The average molecular weight is 523 g/mol. The molecule has 11 heteroatoms. The number of nitrogens with one attached hydrogen (secondary N) is 2. The van der Waals surface area contributed by atoms with Crippen LogP contribution in [0.25, 0.3) is 29.2 Å². The summed E-state index contributed by atoms with van der Waals surface area (Å²) in [6.07, 6.45) is 8.91. The fourth-order valence-electron chi connectivity index (χ4n) is 3.74. The monoisotopic (exact) mass is 522 g/mol. The van der Waals surface area contributed by atoms with E-state index in [1.165, 1.54) is 11.5 Å². The maximum Gasteiger partial charge on any atom is 0.325 e. The number of benzene rings is 1. The van der Waals surface area contributed by atoms with Crippen molar-refractivity contribution in [3.63, 3.8) is 0 Å². The summed E-state index contributed by atoms with van der Waals surface area (Å²) in [4.78, 5) is 28.3. The second-order valence-corrected chi connectivity index (χ2v) is 9.26. The number of hydrogen-bond donors (Lipinski definition) is 4. The van der Waals surface area contributed by atoms with E-state index in [0.29, 0.717) is 17.4 Å². The Bertz CT molecular complexity index is 1530. The number of rotatable bonds is 6. The molecule has 36 heavy (non-hydrogen) atoms. The summed E-state index contributed by atoms with van der Waals surface area (Å²) < 4.78 is 2.91. The molecule has 0 saturated carbocycles. The molecule has 3 N–H and O–H groups in total. The molecule has 3 heterocycles. The SMILES string of the molecule is CC1C=c2sc(Nc3ccc(-c4nnc5c(C(=O)NC(C)C(=O)O)cccn45)cc3)nc2=CC1.CS. The smallest absolute Gasteiger partial charge is 0.325 e. The number of thiazole rings is 1. The quantitative estimate of drug-likeness (QED) is 0.287. The van der Waals surface area contributed by atoms with E-state index >= 15 is 0 Å². The standard InChI is InChI=1S/C24H22N6O3S.CH4S/c1-13-5-10-18-19(12-13)34-24(27-18)26-16-8-6-15(7-9-16)20-28-29-21-17(4-3-11-30(20)21)22(31)25-14(2)23(32)33;1-2/h3-4,6-14H,5H2,1-2H3,(H,25,31)(H,26,27)(H,32,33);2H,1H3. The maximum atomic E-state index is 12.6. The van der Waals surface area contributed by atoms with E-state index in [1.54, 1.807) is 40.3 Å². The molecule has 0 bridgehead atoms. The van der Waals surface area contributed by atoms with Gasteiger partial charge in [0.1, 0.15) is 6.04 Å². The van der Waals surface area contributed by atoms with Gasteiger partial charge in [-0.15, -0.1) is 10.2 Å². The molecule has 186 valence electrons. The third-order valence-corrected chi connectivity index (χ3v) is 6.54. The van der Waals surface area contributed by atoms with Crippen molar-refractivity contribution in [3.8, 4) is 11.4 Å². The van der Waals surface area contributed by atoms with Gasteiger partial charge in [-0.05, 0) is 61.9 Å². The van der Waals surface area contributed by atoms with Gasteiger partial charge in [-0.1, -0.05) is 30.4 Å². The van der Waals surface area contributed by atoms with Crippen molar-refractivity contribution in [2.24, 2.45) is 5.92 Å². The number of carboxylic acid groups (broad SMARTS) is 1. The maximum absolute atomic E-state index is 12.6. The minimum Gasteiger partial charge on any atom is -0.480 e. The molecule has 0 fully saturated rings. The third kappa shape index (κ3) is 5.26. The van der Waals surface area contributed by atoms with Crippen LogP contribution in [0, 0.1) is 5.92 Å². The number of nitrogens with zero attached hydrogens (tertiary/aromatic N) is 4. The van der Waals surface area contributed by atoms with Gasteiger partial charge in [0.15, 0.2) is 16.6 Å². The van der Waals surface area contributed by atoms with E-state index in [2.05, 4.69) is 57.5 Å². The van der Waals surface area contributed by atoms with Gasteiger partial charge in [-0.25, -0.2) is 4.98 Å². The topological polar surface area (TPSA) is 122 Å². The van der Waals surface area contributed by atoms with Gasteiger partial charge in [-0.3, -0.25) is 14.0 Å². The first-order valence-corrected chi connectivity index (χ1v) is 13.0. The van der Waals surface area contributed by atoms with E-state index in [-0.39, 0.29) is 5.56 Å². The Morgan fingerprint density at radius 1 is 1.19 bits per heavy atom. The van der Waals surface area contributed by atoms with Crippen LogP contribution in [0.3, 0.4) is 0 Å². The number of amides is 1. The number of carboxylic acids is 1. The summed E-state index contributed by atoms with van der Waals surface area (Å²) >= 11 is 5.17. The fourth-order valence-corrected chi connectivity index (χ4v) is 4.79. The fraction of sp³-hybridized carbons (Fsp3) is 0.240. The molecule has 0 aliphatic heterocycles. The van der Waals surface area contributed by atoms with Crippen LogP contribution in [0.1, 0.15) is 30.6 Å². The number of thiol groups is 1. The highest BCUT2D eigenvalue weighted by atomic mass is 32.1. The Morgan fingerprint density at radius 3 is 2.67 bits per heavy atom. The second kappa shape index (κ2) is 10.9. The summed E-state index contributed by atoms with van der Waals surface area (Å²) in [7, 11) is 0. The first-order chi connectivity index (χ1) is 17.4. The lowest BCUT2D eigenvalue weighted by Crippen LogP contribution is -2.38. The predicted octanol–water partition coefficient (Wildman–Crippen LogP) is 2.95. The van der Waals surface area contributed by atoms with Gasteiger partial charge in [0, 0.05) is 17.4 Å². The molecule has 0 radical (unpaired) electrons. The molecule has 9 nitrogen and oxygen atoms in total. The van der Waals surface area contributed by atoms with E-state index < -0.39 is 17.9 Å². The average Bonchev–Trinajstić information content (AvgIpc) is 3.49. The van der Waals surface area contributed by atoms with Gasteiger partial charge < -0.3 is 15.7 Å². The van der Waals surface area contributed by atoms with Crippen molar-refractivity contribution < 1.29 is 14.7 Å². The minimum absolute atomic E-state index is 0.253. The summed E-state index contributed by atoms with van der Waals surface area (Å²) in [5, 5.41) is 25.2. The zero-order valence-corrected chi connectivity index (χ0v) is 21.7. The Morgan fingerprint density at radius 2 is 1.94 bits per heavy atom. The van der Waals surface area contributed by atoms with E-state index in [0.717, 1.165) is 28.2 Å². The molecule has 5 rings (SSSR count). The number of fused-ring (bicyclic) bond motifs is 2. The van der Waals surface area contributed by atoms with Gasteiger partial charge in [0.05, 0.1) is 15.4 Å². The highest BCUT2D eigenvalue weighted by Crippen LogP contribution is 2.24. The lowest BCUT2D eigenvalue weighted by molar-refractivity contribution is -0.138. The largest absolute Gasteiger partial charge is 0.480 e. The first kappa shape index (κ1) is 25.4. The van der Waals surface area contributed by atoms with Crippen LogP contribution in [0.2, 0.25) is 0 Å². The Balaban J connectivity index is 0.00000148. The number of anilines is 2. The number of carbonyl (C=O) groups is 2. The highest BCUT2D eigenvalue weighted by Gasteiger charge is 2.20. The minimum atomic E-state index is -1.11. The summed E-state index contributed by atoms with van der Waals surface area (Å²) in [5.74, 6) is -0.524. The van der Waals surface area contributed by atoms with Crippen molar-refractivity contribution >= 4 is 64.5 Å². The molecule has 2 atom stereocenters. The number of carbonyl (C=O) groups excluding carboxylic acids is 1. The Labute approximate surface area is 217 Å². The molecule has 1 aliphatic rings. The van der Waals surface area contributed by atoms with Crippen molar-refractivity contribution in [2.75, 3.05) is 11.6 Å². The Kier molecular flexibility index (Phi) is 7.70. The van der Waals surface area contributed by atoms with Crippen LogP contribution in [0.4, 0.5) is 10.8 Å². The molecule has 1 aromatic carbocycles. The zero-order chi connectivity index (χ0) is 25.8. The van der Waals surface area contributed by atoms with Gasteiger partial charge in [0.25, 0.3) is 5.91 Å². The lowest BCUT2D eigenvalue weighted by Gasteiger charge is -2.10. The summed E-state index contributed by atoms with van der Waals surface area (Å²) in [6, 6.07) is 10.0. The highest BCUT2D eigenvalue weighted by molar-refractivity contribution is 7.79. The van der Waals surface area contributed by atoms with Crippen molar-refractivity contribution in [3.05, 3.63) is 58.0 Å². The molecular formula is C25H26N6O3S2. The Hall–Kier alpha value is -3.70. The molecule has 4 aromatic rings. The molecule has 1 aliphatic carbocycles. The van der Waals surface area contributed by atoms with E-state index in [4.69, 9.17) is 5.11 Å². The predicted molar refractivity (Wildman–Crippen MR) is 145 cm³/mol. The van der Waals surface area contributed by atoms with Crippen LogP contribution < -0.4 is 20.5 Å². The first-order valence-electron chi connectivity index (χ1n) is 11.3. The second-order valence-electron chi connectivity index (χ2n) is 8.23. The summed E-state index contributed by atoms with van der Waals surface area (Å²) in [6.45, 7) is 3.61. The van der Waals surface area contributed by atoms with Crippen molar-refractivity contribution in [1.82, 2.24) is 24.9 Å². The zero-order valence-electron chi connectivity index (χ0n) is 20.0. The summed E-state index contributed by atoms with van der Waals surface area (Å²) in [5.41, 5.74) is 2.33. The van der Waals surface area contributed by atoms with E-state index in [9.17, 15) is 9.59 Å². The van der Waals surface area contributed by atoms with Crippen LogP contribution in [0.5, 0.6) is 0 Å². The van der Waals surface area contributed by atoms with Gasteiger partial charge in [-0.2, -0.15) is 12.6 Å². The molecule has 2 unspecified atom stereocenters. The van der Waals surface area contributed by atoms with Crippen LogP contribution in [-0.2, 0) is 4.79 Å². The number of aliphatic carboxylic acids is 1. The number of pyridine rings is 1. The van der Waals surface area contributed by atoms with Crippen LogP contribution >= 0.6 is 24.0 Å². The normalized spacial score (nSPS) is 14.9. The van der Waals surface area contributed by atoms with Crippen molar-refractivity contribution in [2.45, 2.75) is 26.3 Å². The van der Waals surface area contributed by atoms with Crippen LogP contribution in [0.15, 0.2) is 42.6 Å². The number of aromatic nitrogens is 4. The number of hydrogen-bond acceptors (Lipinski definition) is 8. The molecule has 1 amide bonds. The molecule has 0 saturated heterocycles.